The van der Waals surface area contributed by atoms with E-state index in [0.717, 1.165) is 23.1 Å². The maximum absolute atomic E-state index is 11.7. The summed E-state index contributed by atoms with van der Waals surface area (Å²) in [5, 5.41) is 11.7. The predicted molar refractivity (Wildman–Crippen MR) is 100 cm³/mol. The van der Waals surface area contributed by atoms with E-state index in [1.54, 1.807) is 0 Å². The van der Waals surface area contributed by atoms with Crippen LogP contribution in [-0.2, 0) is 12.0 Å². The second-order valence-electron chi connectivity index (χ2n) is 6.24. The summed E-state index contributed by atoms with van der Waals surface area (Å²) in [5.41, 5.74) is 2.87. The van der Waals surface area contributed by atoms with Gasteiger partial charge in [-0.05, 0) is 35.1 Å². The highest BCUT2D eigenvalue weighted by molar-refractivity contribution is 5.47. The van der Waals surface area contributed by atoms with Gasteiger partial charge in [0, 0.05) is 0 Å². The van der Waals surface area contributed by atoms with Crippen LogP contribution in [0.5, 0.6) is 0 Å². The molecule has 0 bridgehead atoms. The van der Waals surface area contributed by atoms with Crippen molar-refractivity contribution in [2.24, 2.45) is 0 Å². The van der Waals surface area contributed by atoms with E-state index >= 15 is 0 Å². The minimum Gasteiger partial charge on any atom is -0.376 e. The van der Waals surface area contributed by atoms with Gasteiger partial charge in [0.25, 0.3) is 0 Å². The van der Waals surface area contributed by atoms with E-state index < -0.39 is 5.60 Å². The first-order valence-electron chi connectivity index (χ1n) is 8.68. The summed E-state index contributed by atoms with van der Waals surface area (Å²) >= 11 is 0. The van der Waals surface area contributed by atoms with Crippen molar-refractivity contribution in [3.05, 3.63) is 107 Å². The van der Waals surface area contributed by atoms with Crippen LogP contribution in [0.1, 0.15) is 42.0 Å². The van der Waals surface area contributed by atoms with Crippen molar-refractivity contribution in [2.45, 2.75) is 31.8 Å². The van der Waals surface area contributed by atoms with Crippen LogP contribution < -0.4 is 0 Å². The lowest BCUT2D eigenvalue weighted by Gasteiger charge is -2.30. The number of hydrogen-bond acceptors (Lipinski definition) is 1. The van der Waals surface area contributed by atoms with Gasteiger partial charge in [0.1, 0.15) is 5.60 Å². The van der Waals surface area contributed by atoms with Crippen LogP contribution in [0.4, 0.5) is 0 Å². The van der Waals surface area contributed by atoms with Crippen LogP contribution in [0.25, 0.3) is 0 Å². The highest BCUT2D eigenvalue weighted by Crippen LogP contribution is 2.36. The Labute approximate surface area is 144 Å². The van der Waals surface area contributed by atoms with E-state index in [-0.39, 0.29) is 0 Å². The lowest BCUT2D eigenvalue weighted by atomic mass is 9.80. The Balaban J connectivity index is 2.06. The largest absolute Gasteiger partial charge is 0.376 e. The van der Waals surface area contributed by atoms with E-state index in [1.165, 1.54) is 18.4 Å². The van der Waals surface area contributed by atoms with Crippen LogP contribution in [0, 0.1) is 0 Å². The third-order valence-corrected chi connectivity index (χ3v) is 4.57. The molecule has 3 aromatic carbocycles. The number of rotatable bonds is 6. The Morgan fingerprint density at radius 3 is 1.58 bits per heavy atom. The smallest absolute Gasteiger partial charge is 0.140 e. The highest BCUT2D eigenvalue weighted by atomic mass is 16.3. The van der Waals surface area contributed by atoms with Gasteiger partial charge < -0.3 is 5.11 Å². The molecule has 3 aromatic rings. The van der Waals surface area contributed by atoms with Gasteiger partial charge in [0.2, 0.25) is 0 Å². The number of hydrogen-bond donors (Lipinski definition) is 1. The van der Waals surface area contributed by atoms with Gasteiger partial charge >= 0.3 is 0 Å². The molecule has 0 aliphatic heterocycles. The number of aryl methyl sites for hydroxylation is 1. The van der Waals surface area contributed by atoms with E-state index in [0.29, 0.717) is 0 Å². The summed E-state index contributed by atoms with van der Waals surface area (Å²) in [6, 6.07) is 28.2. The third-order valence-electron chi connectivity index (χ3n) is 4.57. The average molecular weight is 316 g/mol. The van der Waals surface area contributed by atoms with Crippen LogP contribution in [0.3, 0.4) is 0 Å². The molecular weight excluding hydrogens is 292 g/mol. The standard InChI is InChI=1S/C23H24O/c1-2-3-10-19-15-17-22(18-16-19)23(24,20-11-6-4-7-12-20)21-13-8-5-9-14-21/h4-9,11-18,24H,2-3,10H2,1H3. The summed E-state index contributed by atoms with van der Waals surface area (Å²) in [6.45, 7) is 2.21. The predicted octanol–water partition coefficient (Wildman–Crippen LogP) is 5.31. The van der Waals surface area contributed by atoms with Gasteiger partial charge in [-0.15, -0.1) is 0 Å². The van der Waals surface area contributed by atoms with Gasteiger partial charge in [-0.1, -0.05) is 98.3 Å². The molecule has 1 nitrogen and oxygen atoms in total. The molecule has 24 heavy (non-hydrogen) atoms. The summed E-state index contributed by atoms with van der Waals surface area (Å²) in [5.74, 6) is 0. The molecule has 0 aliphatic rings. The van der Waals surface area contributed by atoms with E-state index in [2.05, 4.69) is 31.2 Å². The Morgan fingerprint density at radius 2 is 1.12 bits per heavy atom. The lowest BCUT2D eigenvalue weighted by Crippen LogP contribution is -2.28. The zero-order valence-electron chi connectivity index (χ0n) is 14.2. The van der Waals surface area contributed by atoms with Gasteiger partial charge in [0.05, 0.1) is 0 Å². The molecule has 0 amide bonds. The van der Waals surface area contributed by atoms with Gasteiger partial charge in [-0.2, -0.15) is 0 Å². The van der Waals surface area contributed by atoms with Crippen molar-refractivity contribution in [2.75, 3.05) is 0 Å². The monoisotopic (exact) mass is 316 g/mol. The van der Waals surface area contributed by atoms with Gasteiger partial charge in [-0.25, -0.2) is 0 Å². The second kappa shape index (κ2) is 7.46. The highest BCUT2D eigenvalue weighted by Gasteiger charge is 2.33. The summed E-state index contributed by atoms with van der Waals surface area (Å²) < 4.78 is 0. The fraction of sp³-hybridized carbons (Fsp3) is 0.217. The average Bonchev–Trinajstić information content (AvgIpc) is 2.67. The van der Waals surface area contributed by atoms with Crippen molar-refractivity contribution in [3.63, 3.8) is 0 Å². The topological polar surface area (TPSA) is 20.2 Å². The molecule has 0 saturated carbocycles. The summed E-state index contributed by atoms with van der Waals surface area (Å²) in [7, 11) is 0. The van der Waals surface area contributed by atoms with Crippen molar-refractivity contribution in [3.8, 4) is 0 Å². The first kappa shape index (κ1) is 16.5. The van der Waals surface area contributed by atoms with Crippen LogP contribution in [0.15, 0.2) is 84.9 Å². The molecule has 0 spiro atoms. The van der Waals surface area contributed by atoms with E-state index in [4.69, 9.17) is 0 Å². The summed E-state index contributed by atoms with van der Waals surface area (Å²) in [4.78, 5) is 0. The normalized spacial score (nSPS) is 11.4. The Kier molecular flexibility index (Phi) is 5.12. The first-order valence-corrected chi connectivity index (χ1v) is 8.68. The molecule has 0 unspecified atom stereocenters. The van der Waals surface area contributed by atoms with Crippen molar-refractivity contribution < 1.29 is 5.11 Å². The fourth-order valence-corrected chi connectivity index (χ4v) is 3.15. The quantitative estimate of drug-likeness (QED) is 0.611. The number of unbranched alkanes of at least 4 members (excludes halogenated alkanes) is 1. The van der Waals surface area contributed by atoms with Crippen molar-refractivity contribution >= 4 is 0 Å². The zero-order valence-corrected chi connectivity index (χ0v) is 14.2. The number of benzene rings is 3. The van der Waals surface area contributed by atoms with Crippen LogP contribution in [0.2, 0.25) is 0 Å². The van der Waals surface area contributed by atoms with Gasteiger partial charge in [0.15, 0.2) is 0 Å². The minimum absolute atomic E-state index is 0.887. The molecular formula is C23H24O. The zero-order chi connectivity index (χ0) is 16.8. The Morgan fingerprint density at radius 1 is 0.667 bits per heavy atom. The maximum Gasteiger partial charge on any atom is 0.140 e. The summed E-state index contributed by atoms with van der Waals surface area (Å²) in [6.07, 6.45) is 3.48. The molecule has 0 saturated heterocycles. The SMILES string of the molecule is CCCCc1ccc(C(O)(c2ccccc2)c2ccccc2)cc1. The lowest BCUT2D eigenvalue weighted by molar-refractivity contribution is 0.125. The second-order valence-corrected chi connectivity index (χ2v) is 6.24. The van der Waals surface area contributed by atoms with E-state index in [9.17, 15) is 5.11 Å². The molecule has 0 aromatic heterocycles. The molecule has 122 valence electrons. The fourth-order valence-electron chi connectivity index (χ4n) is 3.15. The van der Waals surface area contributed by atoms with Crippen molar-refractivity contribution in [1.29, 1.82) is 0 Å². The minimum atomic E-state index is -1.13. The Hall–Kier alpha value is -2.38. The third kappa shape index (κ3) is 3.27. The molecule has 1 heteroatoms. The van der Waals surface area contributed by atoms with Gasteiger partial charge in [-0.3, -0.25) is 0 Å². The maximum atomic E-state index is 11.7. The number of aliphatic hydroxyl groups is 1. The molecule has 0 aliphatic carbocycles. The molecule has 3 rings (SSSR count). The molecule has 1 N–H and O–H groups in total. The molecule has 0 atom stereocenters. The van der Waals surface area contributed by atoms with Crippen molar-refractivity contribution in [1.82, 2.24) is 0 Å². The molecule has 0 radical (unpaired) electrons. The Bertz CT molecular complexity index is 706. The van der Waals surface area contributed by atoms with Crippen LogP contribution >= 0.6 is 0 Å². The van der Waals surface area contributed by atoms with Crippen LogP contribution in [-0.4, -0.2) is 5.11 Å². The molecule has 0 fully saturated rings. The molecule has 0 heterocycles. The van der Waals surface area contributed by atoms with E-state index in [1.807, 2.05) is 60.7 Å². The first-order chi connectivity index (χ1) is 11.7.